The van der Waals surface area contributed by atoms with Gasteiger partial charge in [-0.2, -0.15) is 0 Å². The van der Waals surface area contributed by atoms with Crippen LogP contribution in [0.5, 0.6) is 0 Å². The van der Waals surface area contributed by atoms with Crippen molar-refractivity contribution in [3.05, 3.63) is 35.4 Å². The van der Waals surface area contributed by atoms with Crippen molar-refractivity contribution < 1.29 is 19.1 Å². The van der Waals surface area contributed by atoms with Crippen LogP contribution in [0.3, 0.4) is 0 Å². The summed E-state index contributed by atoms with van der Waals surface area (Å²) in [4.78, 5) is 20.2. The third-order valence-electron chi connectivity index (χ3n) is 3.74. The zero-order chi connectivity index (χ0) is 20.1. The SMILES string of the molecule is CC.CNC(CF)C(O)Cc1ccc(C(=O)C2CC2)cc1.O=CC(Cl)Cl. The number of ketones is 1. The molecule has 2 N–H and O–H groups in total. The molecule has 26 heavy (non-hydrogen) atoms. The quantitative estimate of drug-likeness (QED) is 0.391. The Bertz CT molecular complexity index is 518. The lowest BCUT2D eigenvalue weighted by Crippen LogP contribution is -2.40. The number of aliphatic hydroxyl groups excluding tert-OH is 1. The van der Waals surface area contributed by atoms with Crippen LogP contribution in [0.15, 0.2) is 24.3 Å². The van der Waals surface area contributed by atoms with Crippen LogP contribution in [0.2, 0.25) is 0 Å². The lowest BCUT2D eigenvalue weighted by atomic mass is 10.00. The van der Waals surface area contributed by atoms with E-state index in [0.717, 1.165) is 24.0 Å². The first-order valence-electron chi connectivity index (χ1n) is 8.70. The Morgan fingerprint density at radius 1 is 1.31 bits per heavy atom. The second kappa shape index (κ2) is 14.1. The summed E-state index contributed by atoms with van der Waals surface area (Å²) in [5.41, 5.74) is 1.64. The van der Waals surface area contributed by atoms with Crippen molar-refractivity contribution in [2.45, 2.75) is 50.1 Å². The molecule has 1 aromatic carbocycles. The number of Topliss-reactive ketones (excluding diaryl/α,β-unsaturated/α-hetero) is 1. The molecule has 1 aromatic rings. The van der Waals surface area contributed by atoms with Crippen molar-refractivity contribution >= 4 is 35.3 Å². The van der Waals surface area contributed by atoms with E-state index in [9.17, 15) is 19.1 Å². The average Bonchev–Trinajstić information content (AvgIpc) is 3.50. The molecule has 2 atom stereocenters. The van der Waals surface area contributed by atoms with Crippen LogP contribution < -0.4 is 5.32 Å². The van der Waals surface area contributed by atoms with E-state index in [1.54, 1.807) is 19.2 Å². The van der Waals surface area contributed by atoms with E-state index in [0.29, 0.717) is 12.7 Å². The fourth-order valence-corrected chi connectivity index (χ4v) is 2.14. The number of rotatable bonds is 8. The summed E-state index contributed by atoms with van der Waals surface area (Å²) >= 11 is 9.72. The average molecular weight is 408 g/mol. The third kappa shape index (κ3) is 9.62. The minimum atomic E-state index is -0.852. The van der Waals surface area contributed by atoms with Gasteiger partial charge < -0.3 is 15.2 Å². The van der Waals surface area contributed by atoms with Crippen molar-refractivity contribution in [2.75, 3.05) is 13.7 Å². The molecule has 0 radical (unpaired) electrons. The van der Waals surface area contributed by atoms with Crippen LogP contribution in [-0.2, 0) is 11.2 Å². The van der Waals surface area contributed by atoms with Gasteiger partial charge in [0.1, 0.15) is 6.67 Å². The van der Waals surface area contributed by atoms with E-state index in [-0.39, 0.29) is 11.7 Å². The number of aliphatic hydroxyl groups is 1. The fraction of sp³-hybridized carbons (Fsp3) is 0.579. The molecule has 2 rings (SSSR count). The lowest BCUT2D eigenvalue weighted by Gasteiger charge is -2.19. The van der Waals surface area contributed by atoms with Crippen LogP contribution in [-0.4, -0.2) is 47.9 Å². The molecular weight excluding hydrogens is 380 g/mol. The Hall–Kier alpha value is -1.01. The molecule has 1 fully saturated rings. The van der Waals surface area contributed by atoms with E-state index < -0.39 is 23.7 Å². The van der Waals surface area contributed by atoms with Gasteiger partial charge in [-0.05, 0) is 31.9 Å². The van der Waals surface area contributed by atoms with Crippen molar-refractivity contribution in [2.24, 2.45) is 5.92 Å². The van der Waals surface area contributed by atoms with Crippen molar-refractivity contribution in [1.29, 1.82) is 0 Å². The molecule has 1 aliphatic carbocycles. The minimum Gasteiger partial charge on any atom is -0.391 e. The number of halogens is 3. The van der Waals surface area contributed by atoms with Crippen LogP contribution in [0.25, 0.3) is 0 Å². The molecule has 148 valence electrons. The number of carbonyl (C=O) groups excluding carboxylic acids is 2. The van der Waals surface area contributed by atoms with Gasteiger partial charge in [0.25, 0.3) is 0 Å². The van der Waals surface area contributed by atoms with Gasteiger partial charge in [0.2, 0.25) is 0 Å². The minimum absolute atomic E-state index is 0.212. The summed E-state index contributed by atoms with van der Waals surface area (Å²) in [7, 11) is 1.63. The van der Waals surface area contributed by atoms with Crippen LogP contribution in [0.1, 0.15) is 42.6 Å². The maximum atomic E-state index is 12.6. The molecule has 0 spiro atoms. The summed E-state index contributed by atoms with van der Waals surface area (Å²) in [6.45, 7) is 3.40. The Labute approximate surface area is 165 Å². The highest BCUT2D eigenvalue weighted by molar-refractivity contribution is 6.51. The van der Waals surface area contributed by atoms with E-state index in [4.69, 9.17) is 23.2 Å². The van der Waals surface area contributed by atoms with Gasteiger partial charge in [-0.1, -0.05) is 61.3 Å². The smallest absolute Gasteiger partial charge is 0.165 e. The summed E-state index contributed by atoms with van der Waals surface area (Å²) in [5.74, 6) is 0.431. The molecule has 0 amide bonds. The second-order valence-electron chi connectivity index (χ2n) is 5.63. The number of hydrogen-bond donors (Lipinski definition) is 2. The Kier molecular flexibility index (Phi) is 13.6. The molecule has 0 aromatic heterocycles. The topological polar surface area (TPSA) is 66.4 Å². The summed E-state index contributed by atoms with van der Waals surface area (Å²) in [5, 5.41) is 12.6. The van der Waals surface area contributed by atoms with E-state index in [1.807, 2.05) is 26.0 Å². The van der Waals surface area contributed by atoms with Gasteiger partial charge in [0.15, 0.2) is 16.9 Å². The molecule has 1 saturated carbocycles. The molecule has 4 nitrogen and oxygen atoms in total. The zero-order valence-electron chi connectivity index (χ0n) is 15.4. The van der Waals surface area contributed by atoms with E-state index in [2.05, 4.69) is 5.32 Å². The number of likely N-dealkylation sites (N-methyl/N-ethyl adjacent to an activating group) is 1. The summed E-state index contributed by atoms with van der Waals surface area (Å²) in [6, 6.07) is 6.72. The Balaban J connectivity index is 0.000000772. The molecule has 0 heterocycles. The van der Waals surface area contributed by atoms with Gasteiger partial charge in [0, 0.05) is 11.5 Å². The molecule has 0 aliphatic heterocycles. The number of carbonyl (C=O) groups is 2. The highest BCUT2D eigenvalue weighted by Crippen LogP contribution is 2.32. The first-order valence-corrected chi connectivity index (χ1v) is 9.58. The van der Waals surface area contributed by atoms with Crippen LogP contribution >= 0.6 is 23.2 Å². The number of nitrogens with one attached hydrogen (secondary N) is 1. The maximum absolute atomic E-state index is 12.6. The predicted octanol–water partition coefficient (Wildman–Crippen LogP) is 3.76. The largest absolute Gasteiger partial charge is 0.391 e. The Morgan fingerprint density at radius 3 is 2.15 bits per heavy atom. The van der Waals surface area contributed by atoms with Gasteiger partial charge in [-0.25, -0.2) is 4.39 Å². The van der Waals surface area contributed by atoms with E-state index in [1.165, 1.54) is 0 Å². The lowest BCUT2D eigenvalue weighted by molar-refractivity contribution is -0.106. The van der Waals surface area contributed by atoms with Gasteiger partial charge in [-0.15, -0.1) is 0 Å². The molecule has 2 unspecified atom stereocenters. The van der Waals surface area contributed by atoms with Gasteiger partial charge in [0.05, 0.1) is 12.1 Å². The highest BCUT2D eigenvalue weighted by Gasteiger charge is 2.30. The predicted molar refractivity (Wildman–Crippen MR) is 105 cm³/mol. The normalized spacial score (nSPS) is 15.1. The first-order chi connectivity index (χ1) is 12.4. The van der Waals surface area contributed by atoms with Crippen molar-refractivity contribution in [1.82, 2.24) is 5.32 Å². The highest BCUT2D eigenvalue weighted by atomic mass is 35.5. The van der Waals surface area contributed by atoms with Crippen molar-refractivity contribution in [3.63, 3.8) is 0 Å². The fourth-order valence-electron chi connectivity index (χ4n) is 2.14. The molecule has 0 saturated heterocycles. The van der Waals surface area contributed by atoms with Crippen LogP contribution in [0.4, 0.5) is 4.39 Å². The Morgan fingerprint density at radius 2 is 1.81 bits per heavy atom. The van der Waals surface area contributed by atoms with Crippen LogP contribution in [0, 0.1) is 5.92 Å². The van der Waals surface area contributed by atoms with E-state index >= 15 is 0 Å². The number of hydrogen-bond acceptors (Lipinski definition) is 4. The standard InChI is InChI=1S/C15H20FNO2.C2H2Cl2O.C2H6/c1-17-13(9-16)14(18)8-10-2-4-11(5-3-10)15(19)12-6-7-12;3-2(4)1-5;1-2/h2-5,12-14,17-18H,6-9H2,1H3;1-2H;1-2H3. The second-order valence-corrected chi connectivity index (χ2v) is 6.79. The molecule has 1 aliphatic rings. The summed E-state index contributed by atoms with van der Waals surface area (Å²) < 4.78 is 12.6. The third-order valence-corrected chi connectivity index (χ3v) is 3.94. The summed E-state index contributed by atoms with van der Waals surface area (Å²) in [6.07, 6.45) is 2.07. The number of benzene rings is 1. The number of alkyl halides is 3. The van der Waals surface area contributed by atoms with Crippen molar-refractivity contribution in [3.8, 4) is 0 Å². The monoisotopic (exact) mass is 407 g/mol. The van der Waals surface area contributed by atoms with Gasteiger partial charge >= 0.3 is 0 Å². The molecular formula is C19H28Cl2FNO3. The van der Waals surface area contributed by atoms with Gasteiger partial charge in [-0.3, -0.25) is 4.79 Å². The zero-order valence-corrected chi connectivity index (χ0v) is 16.9. The first kappa shape index (κ1) is 25.0. The molecule has 7 heteroatoms. The molecule has 0 bridgehead atoms. The maximum Gasteiger partial charge on any atom is 0.165 e. The number of aldehydes is 1.